The van der Waals surface area contributed by atoms with E-state index in [-0.39, 0.29) is 36.4 Å². The molecule has 0 bridgehead atoms. The third-order valence-corrected chi connectivity index (χ3v) is 10.7. The Morgan fingerprint density at radius 3 is 2.51 bits per heavy atom. The van der Waals surface area contributed by atoms with Crippen LogP contribution in [0.2, 0.25) is 0 Å². The lowest BCUT2D eigenvalue weighted by atomic mass is 9.89. The molecule has 3 rings (SSSR count). The fraction of sp³-hybridized carbons (Fsp3) is 0.758. The van der Waals surface area contributed by atoms with E-state index >= 15 is 0 Å². The van der Waals surface area contributed by atoms with Gasteiger partial charge in [0.2, 0.25) is 0 Å². The Balaban J connectivity index is 1.86. The Labute approximate surface area is 279 Å². The lowest BCUT2D eigenvalue weighted by molar-refractivity contribution is -0.227. The molecule has 1 aromatic rings. The molecule has 47 heavy (non-hydrogen) atoms. The fourth-order valence-corrected chi connectivity index (χ4v) is 7.19. The van der Waals surface area contributed by atoms with Crippen molar-refractivity contribution in [2.24, 2.45) is 5.92 Å². The summed E-state index contributed by atoms with van der Waals surface area (Å²) >= 11 is 0. The van der Waals surface area contributed by atoms with Gasteiger partial charge in [-0.3, -0.25) is 4.79 Å². The van der Waals surface area contributed by atoms with E-state index in [2.05, 4.69) is 9.62 Å². The van der Waals surface area contributed by atoms with Gasteiger partial charge in [0, 0.05) is 25.4 Å². The van der Waals surface area contributed by atoms with E-state index in [0.717, 1.165) is 11.3 Å². The van der Waals surface area contributed by atoms with Crippen LogP contribution >= 0.6 is 0 Å². The Morgan fingerprint density at radius 2 is 1.87 bits per heavy atom. The van der Waals surface area contributed by atoms with Crippen LogP contribution in [-0.4, -0.2) is 121 Å². The molecule has 2 amide bonds. The van der Waals surface area contributed by atoms with Crippen molar-refractivity contribution in [2.45, 2.75) is 133 Å². The first kappa shape index (κ1) is 39.1. The molecule has 2 aliphatic rings. The predicted octanol–water partition coefficient (Wildman–Crippen LogP) is 2.54. The van der Waals surface area contributed by atoms with Crippen molar-refractivity contribution in [1.82, 2.24) is 14.5 Å². The van der Waals surface area contributed by atoms with Gasteiger partial charge in [-0.15, -0.1) is 0 Å². The van der Waals surface area contributed by atoms with E-state index in [9.17, 15) is 33.3 Å². The van der Waals surface area contributed by atoms with Crippen LogP contribution < -0.4 is 4.72 Å². The summed E-state index contributed by atoms with van der Waals surface area (Å²) in [5, 5.41) is 33.7. The van der Waals surface area contributed by atoms with Gasteiger partial charge in [0.1, 0.15) is 17.8 Å². The number of benzene rings is 1. The minimum absolute atomic E-state index is 0.0319. The van der Waals surface area contributed by atoms with Crippen molar-refractivity contribution in [3.05, 3.63) is 29.8 Å². The van der Waals surface area contributed by atoms with Crippen molar-refractivity contribution >= 4 is 22.0 Å². The number of hydrogen-bond acceptors (Lipinski definition) is 11. The lowest BCUT2D eigenvalue weighted by Crippen LogP contribution is -2.57. The number of amides is 2. The number of β-amino-alcohol motifs (C(OH)–C–C–N with tert-alkyl or cyclic N) is 1. The summed E-state index contributed by atoms with van der Waals surface area (Å²) in [6.45, 7) is 7.84. The molecule has 13 nitrogen and oxygen atoms in total. The molecule has 2 aliphatic heterocycles. The first-order valence-corrected chi connectivity index (χ1v) is 18.1. The van der Waals surface area contributed by atoms with Gasteiger partial charge in [0.25, 0.3) is 10.0 Å². The number of carbonyl (C=O) groups is 2. The summed E-state index contributed by atoms with van der Waals surface area (Å²) in [6.07, 6.45) is -1.86. The largest absolute Gasteiger partial charge is 0.459 e. The van der Waals surface area contributed by atoms with Crippen LogP contribution in [0.1, 0.15) is 78.2 Å². The number of ether oxygens (including phenoxy) is 3. The summed E-state index contributed by atoms with van der Waals surface area (Å²) in [5.74, 6) is -1.71. The van der Waals surface area contributed by atoms with Gasteiger partial charge < -0.3 is 39.3 Å². The van der Waals surface area contributed by atoms with Crippen molar-refractivity contribution in [2.75, 3.05) is 27.2 Å². The highest BCUT2D eigenvalue weighted by Gasteiger charge is 2.43. The van der Waals surface area contributed by atoms with Crippen LogP contribution in [0.3, 0.4) is 0 Å². The monoisotopic (exact) mass is 685 g/mol. The number of esters is 1. The highest BCUT2D eigenvalue weighted by atomic mass is 32.2. The molecule has 14 heteroatoms. The molecule has 2 heterocycles. The smallest absolute Gasteiger partial charge is 0.331 e. The topological polar surface area (TPSA) is 175 Å². The highest BCUT2D eigenvalue weighted by molar-refractivity contribution is 7.90. The Bertz CT molecular complexity index is 1290. The van der Waals surface area contributed by atoms with Gasteiger partial charge in [-0.05, 0) is 91.6 Å². The summed E-state index contributed by atoms with van der Waals surface area (Å²) in [6, 6.07) is 5.40. The average Bonchev–Trinajstić information content (AvgIpc) is 2.99. The molecular formula is C33H55N3O10S. The second kappa shape index (κ2) is 16.9. The van der Waals surface area contributed by atoms with Gasteiger partial charge in [-0.25, -0.2) is 17.9 Å². The number of urea groups is 1. The van der Waals surface area contributed by atoms with Crippen LogP contribution in [0, 0.1) is 12.8 Å². The number of carbonyl (C=O) groups excluding carboxylic acids is 2. The minimum Gasteiger partial charge on any atom is -0.459 e. The van der Waals surface area contributed by atoms with Crippen LogP contribution in [0.4, 0.5) is 4.79 Å². The van der Waals surface area contributed by atoms with Crippen LogP contribution in [0.5, 0.6) is 0 Å². The maximum atomic E-state index is 13.4. The SMILES string of the molecule is CC[C@H]1OC(=O)[C@H](C)[C@@H](O)C[C@@H](O[C@H]2C[C@H](N(C)C)C[C@@H](C)O2)CCCCN(C(=O)NS(=O)(=O)c2cccc(C)c2)C[C@@H](O)[C@]1(C)O. The highest BCUT2D eigenvalue weighted by Crippen LogP contribution is 2.29. The number of nitrogens with one attached hydrogen (secondary N) is 1. The number of nitrogens with zero attached hydrogens (tertiary/aromatic N) is 2. The number of aliphatic hydroxyl groups excluding tert-OH is 2. The fourth-order valence-electron chi connectivity index (χ4n) is 6.11. The molecule has 0 radical (unpaired) electrons. The zero-order chi connectivity index (χ0) is 35.1. The maximum absolute atomic E-state index is 13.4. The number of hydrogen-bond donors (Lipinski definition) is 4. The molecule has 0 aromatic heterocycles. The zero-order valence-corrected chi connectivity index (χ0v) is 29.6. The second-order valence-corrected chi connectivity index (χ2v) is 15.2. The van der Waals surface area contributed by atoms with Crippen LogP contribution in [-0.2, 0) is 29.0 Å². The van der Waals surface area contributed by atoms with Crippen molar-refractivity contribution < 1.29 is 47.5 Å². The summed E-state index contributed by atoms with van der Waals surface area (Å²) in [5.41, 5.74) is -1.31. The predicted molar refractivity (Wildman–Crippen MR) is 175 cm³/mol. The summed E-state index contributed by atoms with van der Waals surface area (Å²) in [4.78, 5) is 29.8. The minimum atomic E-state index is -4.24. The van der Waals surface area contributed by atoms with Gasteiger partial charge in [-0.1, -0.05) is 19.1 Å². The zero-order valence-electron chi connectivity index (χ0n) is 28.8. The number of cyclic esters (lactones) is 1. The number of aliphatic hydroxyl groups is 3. The Morgan fingerprint density at radius 1 is 1.17 bits per heavy atom. The van der Waals surface area contributed by atoms with E-state index < -0.39 is 70.8 Å². The molecule has 0 spiro atoms. The van der Waals surface area contributed by atoms with Gasteiger partial charge in [-0.2, -0.15) is 0 Å². The van der Waals surface area contributed by atoms with E-state index in [0.29, 0.717) is 31.2 Å². The number of sulfonamides is 1. The quantitative estimate of drug-likeness (QED) is 0.324. The Hall–Kier alpha value is -2.33. The maximum Gasteiger partial charge on any atom is 0.331 e. The average molecular weight is 686 g/mol. The van der Waals surface area contributed by atoms with E-state index in [1.54, 1.807) is 32.9 Å². The molecule has 0 saturated carbocycles. The molecule has 4 N–H and O–H groups in total. The lowest BCUT2D eigenvalue weighted by Gasteiger charge is -2.39. The van der Waals surface area contributed by atoms with Gasteiger partial charge >= 0.3 is 12.0 Å². The molecule has 2 fully saturated rings. The molecule has 9 atom stereocenters. The third-order valence-electron chi connectivity index (χ3n) is 9.34. The first-order valence-electron chi connectivity index (χ1n) is 16.6. The van der Waals surface area contributed by atoms with Gasteiger partial charge in [0.15, 0.2) is 6.29 Å². The molecular weight excluding hydrogens is 630 g/mol. The molecule has 0 aliphatic carbocycles. The molecule has 0 unspecified atom stereocenters. The molecule has 2 saturated heterocycles. The number of rotatable bonds is 6. The Kier molecular flexibility index (Phi) is 14.0. The summed E-state index contributed by atoms with van der Waals surface area (Å²) < 4.78 is 46.4. The van der Waals surface area contributed by atoms with E-state index in [4.69, 9.17) is 14.2 Å². The van der Waals surface area contributed by atoms with E-state index in [1.807, 2.05) is 21.0 Å². The molecule has 1 aromatic carbocycles. The normalized spacial score (nSPS) is 33.9. The van der Waals surface area contributed by atoms with Crippen LogP contribution in [0.25, 0.3) is 0 Å². The standard InChI is InChI=1S/C33H55N3O10S/c1-8-29-33(5,41)28(38)20-36(32(40)34-47(42,43)26-14-11-12-21(2)16-26)15-10-9-13-25(19-27(37)23(4)31(39)46-29)45-30-18-24(35(6)7)17-22(3)44-30/h11-12,14,16,22-25,27-30,37-38,41H,8-10,13,15,17-20H2,1-7H3,(H,34,40)/t22-,23-,24-,25+,27+,28-,29-,30+,33+/m1/s1. The van der Waals surface area contributed by atoms with Crippen molar-refractivity contribution in [1.29, 1.82) is 0 Å². The third kappa shape index (κ3) is 10.8. The first-order chi connectivity index (χ1) is 21.9. The second-order valence-electron chi connectivity index (χ2n) is 13.6. The van der Waals surface area contributed by atoms with Crippen LogP contribution in [0.15, 0.2) is 29.2 Å². The molecule has 268 valence electrons. The number of aryl methyl sites for hydroxylation is 1. The van der Waals surface area contributed by atoms with E-state index in [1.165, 1.54) is 19.1 Å². The van der Waals surface area contributed by atoms with Gasteiger partial charge in [0.05, 0.1) is 35.7 Å². The van der Waals surface area contributed by atoms with Crippen molar-refractivity contribution in [3.63, 3.8) is 0 Å². The van der Waals surface area contributed by atoms with Crippen molar-refractivity contribution in [3.8, 4) is 0 Å². The summed E-state index contributed by atoms with van der Waals surface area (Å²) in [7, 11) is -0.225.